The van der Waals surface area contributed by atoms with Crippen LogP contribution in [-0.4, -0.2) is 42.6 Å². The molecule has 1 aliphatic rings. The van der Waals surface area contributed by atoms with Crippen molar-refractivity contribution in [1.29, 1.82) is 0 Å². The van der Waals surface area contributed by atoms with Crippen LogP contribution in [0.1, 0.15) is 32.8 Å². The van der Waals surface area contributed by atoms with Gasteiger partial charge in [0.1, 0.15) is 5.60 Å². The predicted octanol–water partition coefficient (Wildman–Crippen LogP) is 2.49. The zero-order valence-corrected chi connectivity index (χ0v) is 14.6. The molecular formula is C16H25N3O2S. The van der Waals surface area contributed by atoms with Gasteiger partial charge in [-0.3, -0.25) is 9.79 Å². The van der Waals surface area contributed by atoms with Crippen LogP contribution in [0.5, 0.6) is 0 Å². The van der Waals surface area contributed by atoms with E-state index in [1.54, 1.807) is 18.4 Å². The topological polar surface area (TPSA) is 53.9 Å². The zero-order chi connectivity index (χ0) is 16.2. The molecule has 0 spiro atoms. The molecule has 0 radical (unpaired) electrons. The van der Waals surface area contributed by atoms with Crippen LogP contribution in [-0.2, 0) is 16.1 Å². The second-order valence-corrected chi connectivity index (χ2v) is 7.28. The van der Waals surface area contributed by atoms with Crippen LogP contribution in [0.4, 0.5) is 0 Å². The van der Waals surface area contributed by atoms with Crippen molar-refractivity contribution in [3.8, 4) is 0 Å². The Morgan fingerprint density at radius 1 is 1.55 bits per heavy atom. The van der Waals surface area contributed by atoms with E-state index in [0.717, 1.165) is 25.5 Å². The maximum absolute atomic E-state index is 12.2. The van der Waals surface area contributed by atoms with E-state index in [1.165, 1.54) is 5.56 Å². The Labute approximate surface area is 136 Å². The third-order valence-corrected chi connectivity index (χ3v) is 4.20. The molecule has 1 unspecified atom stereocenters. The standard InChI is InChI=1S/C16H25N3O2S/c1-16(2,3)21-14(20)13-5-7-19(10-13)15(17-4)18-9-12-6-8-22-11-12/h6,8,11,13H,5,7,9-10H2,1-4H3,(H,17,18). The molecule has 22 heavy (non-hydrogen) atoms. The molecule has 0 saturated carbocycles. The van der Waals surface area contributed by atoms with Gasteiger partial charge in [-0.05, 0) is 49.6 Å². The number of thiophene rings is 1. The number of carbonyl (C=O) groups excluding carboxylic acids is 1. The fourth-order valence-corrected chi connectivity index (χ4v) is 3.11. The second-order valence-electron chi connectivity index (χ2n) is 6.50. The summed E-state index contributed by atoms with van der Waals surface area (Å²) in [5.41, 5.74) is 0.817. The minimum Gasteiger partial charge on any atom is -0.460 e. The highest BCUT2D eigenvalue weighted by Gasteiger charge is 2.33. The SMILES string of the molecule is CN=C(NCc1ccsc1)N1CCC(C(=O)OC(C)(C)C)C1. The van der Waals surface area contributed by atoms with Crippen molar-refractivity contribution in [1.82, 2.24) is 10.2 Å². The molecule has 1 saturated heterocycles. The summed E-state index contributed by atoms with van der Waals surface area (Å²) in [4.78, 5) is 18.6. The first-order valence-corrected chi connectivity index (χ1v) is 8.53. The van der Waals surface area contributed by atoms with Gasteiger partial charge < -0.3 is 15.0 Å². The Hall–Kier alpha value is -1.56. The number of carbonyl (C=O) groups is 1. The summed E-state index contributed by atoms with van der Waals surface area (Å²) >= 11 is 1.69. The van der Waals surface area contributed by atoms with E-state index in [0.29, 0.717) is 6.54 Å². The first kappa shape index (κ1) is 16.8. The Morgan fingerprint density at radius 2 is 2.32 bits per heavy atom. The van der Waals surface area contributed by atoms with Crippen LogP contribution in [0.15, 0.2) is 21.8 Å². The van der Waals surface area contributed by atoms with Crippen molar-refractivity contribution in [2.75, 3.05) is 20.1 Å². The molecule has 122 valence electrons. The minimum atomic E-state index is -0.427. The molecule has 6 heteroatoms. The number of aliphatic imine (C=N–C) groups is 1. The Bertz CT molecular complexity index is 520. The second kappa shape index (κ2) is 7.13. The van der Waals surface area contributed by atoms with Crippen LogP contribution >= 0.6 is 11.3 Å². The lowest BCUT2D eigenvalue weighted by molar-refractivity contribution is -0.159. The fourth-order valence-electron chi connectivity index (χ4n) is 2.44. The zero-order valence-electron chi connectivity index (χ0n) is 13.8. The molecule has 1 atom stereocenters. The molecule has 0 aliphatic carbocycles. The summed E-state index contributed by atoms with van der Waals surface area (Å²) in [6, 6.07) is 2.10. The summed E-state index contributed by atoms with van der Waals surface area (Å²) in [6.45, 7) is 7.95. The van der Waals surface area contributed by atoms with Gasteiger partial charge in [0.2, 0.25) is 0 Å². The number of nitrogens with zero attached hydrogens (tertiary/aromatic N) is 2. The van der Waals surface area contributed by atoms with Crippen LogP contribution in [0.3, 0.4) is 0 Å². The smallest absolute Gasteiger partial charge is 0.311 e. The lowest BCUT2D eigenvalue weighted by Gasteiger charge is -2.23. The molecule has 1 aliphatic heterocycles. The van der Waals surface area contributed by atoms with Crippen LogP contribution in [0.25, 0.3) is 0 Å². The van der Waals surface area contributed by atoms with E-state index in [-0.39, 0.29) is 11.9 Å². The maximum atomic E-state index is 12.2. The largest absolute Gasteiger partial charge is 0.460 e. The average molecular weight is 323 g/mol. The normalized spacial score (nSPS) is 19.4. The monoisotopic (exact) mass is 323 g/mol. The molecule has 1 fully saturated rings. The third kappa shape index (κ3) is 4.73. The lowest BCUT2D eigenvalue weighted by Crippen LogP contribution is -2.40. The van der Waals surface area contributed by atoms with Gasteiger partial charge in [-0.15, -0.1) is 0 Å². The first-order chi connectivity index (χ1) is 10.4. The number of hydrogen-bond acceptors (Lipinski definition) is 4. The van der Waals surface area contributed by atoms with Crippen molar-refractivity contribution < 1.29 is 9.53 Å². The number of rotatable bonds is 3. The highest BCUT2D eigenvalue weighted by atomic mass is 32.1. The number of ether oxygens (including phenoxy) is 1. The highest BCUT2D eigenvalue weighted by Crippen LogP contribution is 2.21. The van der Waals surface area contributed by atoms with E-state index in [9.17, 15) is 4.79 Å². The van der Waals surface area contributed by atoms with E-state index < -0.39 is 5.60 Å². The van der Waals surface area contributed by atoms with E-state index in [1.807, 2.05) is 20.8 Å². The fraction of sp³-hybridized carbons (Fsp3) is 0.625. The van der Waals surface area contributed by atoms with Crippen LogP contribution in [0.2, 0.25) is 0 Å². The molecule has 0 bridgehead atoms. The molecule has 1 aromatic heterocycles. The summed E-state index contributed by atoms with van der Waals surface area (Å²) < 4.78 is 5.48. The molecule has 5 nitrogen and oxygen atoms in total. The molecular weight excluding hydrogens is 298 g/mol. The van der Waals surface area contributed by atoms with Gasteiger partial charge in [0.05, 0.1) is 5.92 Å². The molecule has 2 heterocycles. The van der Waals surface area contributed by atoms with Gasteiger partial charge in [-0.1, -0.05) is 0 Å². The van der Waals surface area contributed by atoms with Gasteiger partial charge in [0.25, 0.3) is 0 Å². The predicted molar refractivity (Wildman–Crippen MR) is 90.0 cm³/mol. The van der Waals surface area contributed by atoms with Crippen molar-refractivity contribution in [3.05, 3.63) is 22.4 Å². The van der Waals surface area contributed by atoms with Crippen molar-refractivity contribution in [2.24, 2.45) is 10.9 Å². The number of nitrogens with one attached hydrogen (secondary N) is 1. The number of guanidine groups is 1. The number of likely N-dealkylation sites (tertiary alicyclic amines) is 1. The van der Waals surface area contributed by atoms with Gasteiger partial charge in [-0.25, -0.2) is 0 Å². The Morgan fingerprint density at radius 3 is 2.91 bits per heavy atom. The van der Waals surface area contributed by atoms with Crippen molar-refractivity contribution in [2.45, 2.75) is 39.3 Å². The van der Waals surface area contributed by atoms with Gasteiger partial charge in [0.15, 0.2) is 5.96 Å². The van der Waals surface area contributed by atoms with E-state index in [4.69, 9.17) is 4.74 Å². The summed E-state index contributed by atoms with van der Waals surface area (Å²) in [6.07, 6.45) is 0.814. The average Bonchev–Trinajstić information content (AvgIpc) is 3.08. The van der Waals surface area contributed by atoms with Gasteiger partial charge in [0, 0.05) is 26.7 Å². The summed E-state index contributed by atoms with van der Waals surface area (Å²) in [5, 5.41) is 7.53. The Kier molecular flexibility index (Phi) is 5.45. The minimum absolute atomic E-state index is 0.0704. The summed E-state index contributed by atoms with van der Waals surface area (Å²) in [5.74, 6) is 0.666. The molecule has 0 amide bonds. The lowest BCUT2D eigenvalue weighted by atomic mass is 10.1. The van der Waals surface area contributed by atoms with Crippen LogP contribution in [0, 0.1) is 5.92 Å². The van der Waals surface area contributed by atoms with Crippen molar-refractivity contribution >= 4 is 23.3 Å². The summed E-state index contributed by atoms with van der Waals surface area (Å²) in [7, 11) is 1.77. The molecule has 2 rings (SSSR count). The maximum Gasteiger partial charge on any atom is 0.311 e. The molecule has 0 aromatic carbocycles. The quantitative estimate of drug-likeness (QED) is 0.527. The first-order valence-electron chi connectivity index (χ1n) is 7.58. The highest BCUT2D eigenvalue weighted by molar-refractivity contribution is 7.07. The number of hydrogen-bond donors (Lipinski definition) is 1. The molecule has 1 aromatic rings. The third-order valence-electron chi connectivity index (χ3n) is 3.47. The van der Waals surface area contributed by atoms with Crippen LogP contribution < -0.4 is 5.32 Å². The van der Waals surface area contributed by atoms with E-state index in [2.05, 4.69) is 32.0 Å². The van der Waals surface area contributed by atoms with Gasteiger partial charge in [-0.2, -0.15) is 11.3 Å². The number of esters is 1. The van der Waals surface area contributed by atoms with E-state index >= 15 is 0 Å². The van der Waals surface area contributed by atoms with Crippen molar-refractivity contribution in [3.63, 3.8) is 0 Å². The molecule has 1 N–H and O–H groups in total. The van der Waals surface area contributed by atoms with Gasteiger partial charge >= 0.3 is 5.97 Å². The Balaban J connectivity index is 1.86.